The molecule has 0 heterocycles. The Balaban J connectivity index is 0. The zero-order valence-corrected chi connectivity index (χ0v) is 9.25. The van der Waals surface area contributed by atoms with Crippen LogP contribution in [0.15, 0.2) is 0 Å². The Morgan fingerprint density at radius 2 is 1.83 bits per heavy atom. The topological polar surface area (TPSA) is 37.3 Å². The first-order chi connectivity index (χ1) is 5.13. The van der Waals surface area contributed by atoms with Gasteiger partial charge in [-0.05, 0) is 12.3 Å². The van der Waals surface area contributed by atoms with Gasteiger partial charge < -0.3 is 5.11 Å². The van der Waals surface area contributed by atoms with Crippen LogP contribution in [0.1, 0.15) is 46.0 Å². The first kappa shape index (κ1) is 14.7. The van der Waals surface area contributed by atoms with E-state index in [9.17, 15) is 4.79 Å². The molecular formula is C9H18AgO2. The second-order valence-corrected chi connectivity index (χ2v) is 3.39. The molecule has 0 atom stereocenters. The van der Waals surface area contributed by atoms with E-state index in [4.69, 9.17) is 5.11 Å². The Morgan fingerprint density at radius 3 is 2.25 bits per heavy atom. The van der Waals surface area contributed by atoms with Crippen molar-refractivity contribution in [3.63, 3.8) is 0 Å². The van der Waals surface area contributed by atoms with Gasteiger partial charge in [0.05, 0.1) is 0 Å². The van der Waals surface area contributed by atoms with Gasteiger partial charge in [0.1, 0.15) is 0 Å². The van der Waals surface area contributed by atoms with E-state index in [1.807, 2.05) is 0 Å². The van der Waals surface area contributed by atoms with Crippen molar-refractivity contribution in [1.82, 2.24) is 0 Å². The molecule has 0 aromatic carbocycles. The fourth-order valence-electron chi connectivity index (χ4n) is 1.01. The number of hydrogen-bond donors (Lipinski definition) is 1. The summed E-state index contributed by atoms with van der Waals surface area (Å²) in [6, 6.07) is 0. The van der Waals surface area contributed by atoms with E-state index in [1.165, 1.54) is 12.8 Å². The van der Waals surface area contributed by atoms with Crippen LogP contribution in [-0.4, -0.2) is 11.1 Å². The van der Waals surface area contributed by atoms with Gasteiger partial charge in [0.2, 0.25) is 0 Å². The van der Waals surface area contributed by atoms with Crippen LogP contribution in [0.25, 0.3) is 0 Å². The van der Waals surface area contributed by atoms with Gasteiger partial charge >= 0.3 is 5.97 Å². The van der Waals surface area contributed by atoms with Crippen LogP contribution in [0.3, 0.4) is 0 Å². The molecule has 0 amide bonds. The molecule has 1 N–H and O–H groups in total. The number of unbranched alkanes of at least 4 members (excludes halogenated alkanes) is 2. The maximum Gasteiger partial charge on any atom is 0.303 e. The second-order valence-electron chi connectivity index (χ2n) is 3.39. The number of aliphatic carboxylic acids is 1. The molecule has 0 aromatic rings. The number of carbonyl (C=O) groups is 1. The van der Waals surface area contributed by atoms with Crippen LogP contribution in [0, 0.1) is 5.92 Å². The Hall–Kier alpha value is 0.210. The summed E-state index contributed by atoms with van der Waals surface area (Å²) in [4.78, 5) is 10.1. The number of carboxylic acids is 1. The molecule has 3 heteroatoms. The van der Waals surface area contributed by atoms with Crippen molar-refractivity contribution < 1.29 is 32.3 Å². The Morgan fingerprint density at radius 1 is 1.25 bits per heavy atom. The number of carboxylic acid groups (broad SMARTS) is 1. The molecule has 0 fully saturated rings. The molecule has 0 aromatic heterocycles. The minimum absolute atomic E-state index is 0. The fourth-order valence-corrected chi connectivity index (χ4v) is 1.01. The molecule has 0 unspecified atom stereocenters. The Kier molecular flexibility index (Phi) is 11.4. The zero-order valence-electron chi connectivity index (χ0n) is 7.77. The molecule has 2 nitrogen and oxygen atoms in total. The van der Waals surface area contributed by atoms with Crippen LogP contribution in [-0.2, 0) is 27.2 Å². The van der Waals surface area contributed by atoms with Crippen molar-refractivity contribution in [3.8, 4) is 0 Å². The molecule has 0 aliphatic carbocycles. The number of rotatable bonds is 6. The van der Waals surface area contributed by atoms with Crippen molar-refractivity contribution in [2.45, 2.75) is 46.0 Å². The van der Waals surface area contributed by atoms with Crippen molar-refractivity contribution in [1.29, 1.82) is 0 Å². The fraction of sp³-hybridized carbons (Fsp3) is 0.889. The minimum Gasteiger partial charge on any atom is -0.481 e. The summed E-state index contributed by atoms with van der Waals surface area (Å²) in [6.07, 6.45) is 4.62. The van der Waals surface area contributed by atoms with E-state index >= 15 is 0 Å². The SMILES string of the molecule is CC(C)CCCCCC(=O)O.[Ag]. The minimum atomic E-state index is -0.672. The second kappa shape index (κ2) is 9.30. The quantitative estimate of drug-likeness (QED) is 0.592. The maximum atomic E-state index is 10.1. The van der Waals surface area contributed by atoms with Crippen molar-refractivity contribution >= 4 is 5.97 Å². The zero-order chi connectivity index (χ0) is 8.69. The van der Waals surface area contributed by atoms with Gasteiger partial charge in [-0.3, -0.25) is 4.79 Å². The van der Waals surface area contributed by atoms with E-state index in [0.717, 1.165) is 18.8 Å². The third-order valence-corrected chi connectivity index (χ3v) is 1.67. The average molecular weight is 266 g/mol. The summed E-state index contributed by atoms with van der Waals surface area (Å²) < 4.78 is 0. The summed E-state index contributed by atoms with van der Waals surface area (Å²) in [5.74, 6) is 0.0781. The van der Waals surface area contributed by atoms with Crippen molar-refractivity contribution in [3.05, 3.63) is 0 Å². The molecular weight excluding hydrogens is 248 g/mol. The summed E-state index contributed by atoms with van der Waals surface area (Å²) in [6.45, 7) is 4.38. The predicted octanol–water partition coefficient (Wildman–Crippen LogP) is 2.68. The van der Waals surface area contributed by atoms with Crippen molar-refractivity contribution in [2.24, 2.45) is 5.92 Å². The normalized spacial score (nSPS) is 9.58. The van der Waals surface area contributed by atoms with Crippen molar-refractivity contribution in [2.75, 3.05) is 0 Å². The van der Waals surface area contributed by atoms with Crippen LogP contribution >= 0.6 is 0 Å². The van der Waals surface area contributed by atoms with E-state index in [1.54, 1.807) is 0 Å². The van der Waals surface area contributed by atoms with Gasteiger partial charge in [-0.1, -0.05) is 33.1 Å². The molecule has 0 saturated heterocycles. The molecule has 1 radical (unpaired) electrons. The van der Waals surface area contributed by atoms with Gasteiger partial charge in [0.15, 0.2) is 0 Å². The molecule has 0 rings (SSSR count). The first-order valence-corrected chi connectivity index (χ1v) is 4.34. The molecule has 77 valence electrons. The van der Waals surface area contributed by atoms with E-state index < -0.39 is 5.97 Å². The van der Waals surface area contributed by atoms with Crippen LogP contribution in [0.2, 0.25) is 0 Å². The molecule has 12 heavy (non-hydrogen) atoms. The third-order valence-electron chi connectivity index (χ3n) is 1.67. The molecule has 0 bridgehead atoms. The Labute approximate surface area is 90.2 Å². The Bertz CT molecular complexity index is 113. The molecule has 0 aliphatic heterocycles. The molecule has 0 aliphatic rings. The van der Waals surface area contributed by atoms with Gasteiger partial charge in [-0.15, -0.1) is 0 Å². The van der Waals surface area contributed by atoms with Crippen LogP contribution < -0.4 is 0 Å². The van der Waals surface area contributed by atoms with Gasteiger partial charge in [0.25, 0.3) is 0 Å². The van der Waals surface area contributed by atoms with E-state index in [2.05, 4.69) is 13.8 Å². The number of hydrogen-bond acceptors (Lipinski definition) is 1. The van der Waals surface area contributed by atoms with Crippen LogP contribution in [0.4, 0.5) is 0 Å². The summed E-state index contributed by atoms with van der Waals surface area (Å²) in [5.41, 5.74) is 0. The predicted molar refractivity (Wildman–Crippen MR) is 45.6 cm³/mol. The summed E-state index contributed by atoms with van der Waals surface area (Å²) in [5, 5.41) is 8.32. The standard InChI is InChI=1S/C9H18O2.Ag/c1-8(2)6-4-3-5-7-9(10)11;/h8H,3-7H2,1-2H3,(H,10,11);. The van der Waals surface area contributed by atoms with Gasteiger partial charge in [-0.2, -0.15) is 0 Å². The van der Waals surface area contributed by atoms with E-state index in [-0.39, 0.29) is 22.4 Å². The monoisotopic (exact) mass is 265 g/mol. The molecule has 0 saturated carbocycles. The van der Waals surface area contributed by atoms with Gasteiger partial charge in [-0.25, -0.2) is 0 Å². The van der Waals surface area contributed by atoms with E-state index in [0.29, 0.717) is 6.42 Å². The third kappa shape index (κ3) is 12.8. The van der Waals surface area contributed by atoms with Gasteiger partial charge in [0, 0.05) is 28.8 Å². The smallest absolute Gasteiger partial charge is 0.303 e. The molecule has 0 spiro atoms. The average Bonchev–Trinajstić information content (AvgIpc) is 1.85. The van der Waals surface area contributed by atoms with Crippen LogP contribution in [0.5, 0.6) is 0 Å². The summed E-state index contributed by atoms with van der Waals surface area (Å²) in [7, 11) is 0. The first-order valence-electron chi connectivity index (χ1n) is 4.34. The summed E-state index contributed by atoms with van der Waals surface area (Å²) >= 11 is 0. The largest absolute Gasteiger partial charge is 0.481 e. The maximum absolute atomic E-state index is 10.1.